The first-order valence-electron chi connectivity index (χ1n) is 4.75. The van der Waals surface area contributed by atoms with Crippen LogP contribution in [0.1, 0.15) is 24.8 Å². The first kappa shape index (κ1) is 10.4. The van der Waals surface area contributed by atoms with Crippen LogP contribution in [0.3, 0.4) is 0 Å². The van der Waals surface area contributed by atoms with Gasteiger partial charge in [0.25, 0.3) is 0 Å². The summed E-state index contributed by atoms with van der Waals surface area (Å²) in [4.78, 5) is 11.2. The third-order valence-electron chi connectivity index (χ3n) is 3.06. The van der Waals surface area contributed by atoms with Crippen LogP contribution in [-0.2, 0) is 10.2 Å². The standard InChI is InChI=1S/C11H10ClFO2/c12-7-2-3-9(13)8(6-7)11(10(14)15)4-1-5-11/h2-3,6H,1,4-5H2,(H,14,15). The molecule has 0 unspecified atom stereocenters. The van der Waals surface area contributed by atoms with Gasteiger partial charge in [-0.3, -0.25) is 4.79 Å². The molecular formula is C11H10ClFO2. The fourth-order valence-electron chi connectivity index (χ4n) is 1.99. The molecule has 2 nitrogen and oxygen atoms in total. The fraction of sp³-hybridized carbons (Fsp3) is 0.364. The smallest absolute Gasteiger partial charge is 0.314 e. The highest BCUT2D eigenvalue weighted by atomic mass is 35.5. The van der Waals surface area contributed by atoms with Crippen molar-refractivity contribution in [3.63, 3.8) is 0 Å². The van der Waals surface area contributed by atoms with Gasteiger partial charge in [0.05, 0.1) is 5.41 Å². The molecule has 80 valence electrons. The molecule has 1 saturated carbocycles. The summed E-state index contributed by atoms with van der Waals surface area (Å²) in [6.07, 6.45) is 1.79. The molecule has 2 rings (SSSR count). The predicted molar refractivity (Wildman–Crippen MR) is 54.6 cm³/mol. The van der Waals surface area contributed by atoms with Crippen LogP contribution in [0, 0.1) is 5.82 Å². The van der Waals surface area contributed by atoms with Crippen LogP contribution in [0.15, 0.2) is 18.2 Å². The van der Waals surface area contributed by atoms with Crippen molar-refractivity contribution in [2.24, 2.45) is 0 Å². The molecule has 1 fully saturated rings. The Bertz CT molecular complexity index is 413. The summed E-state index contributed by atoms with van der Waals surface area (Å²) >= 11 is 5.75. The summed E-state index contributed by atoms with van der Waals surface area (Å²) in [6, 6.07) is 4.07. The lowest BCUT2D eigenvalue weighted by Crippen LogP contribution is -2.43. The maximum atomic E-state index is 13.5. The average Bonchev–Trinajstić information content (AvgIpc) is 2.08. The highest BCUT2D eigenvalue weighted by Crippen LogP contribution is 2.45. The van der Waals surface area contributed by atoms with Crippen molar-refractivity contribution < 1.29 is 14.3 Å². The van der Waals surface area contributed by atoms with Crippen molar-refractivity contribution in [2.75, 3.05) is 0 Å². The van der Waals surface area contributed by atoms with E-state index in [1.54, 1.807) is 0 Å². The van der Waals surface area contributed by atoms with Crippen LogP contribution < -0.4 is 0 Å². The van der Waals surface area contributed by atoms with Gasteiger partial charge in [0.1, 0.15) is 5.82 Å². The number of carboxylic acids is 1. The summed E-state index contributed by atoms with van der Waals surface area (Å²) in [5.41, 5.74) is -0.830. The zero-order valence-electron chi connectivity index (χ0n) is 7.96. The molecule has 1 aliphatic rings. The topological polar surface area (TPSA) is 37.3 Å². The summed E-state index contributed by atoms with van der Waals surface area (Å²) in [7, 11) is 0. The van der Waals surface area contributed by atoms with Crippen molar-refractivity contribution in [1.82, 2.24) is 0 Å². The first-order chi connectivity index (χ1) is 7.06. The van der Waals surface area contributed by atoms with E-state index >= 15 is 0 Å². The van der Waals surface area contributed by atoms with Gasteiger partial charge in [-0.2, -0.15) is 0 Å². The van der Waals surface area contributed by atoms with Gasteiger partial charge < -0.3 is 5.11 Å². The molecule has 0 bridgehead atoms. The van der Waals surface area contributed by atoms with Gasteiger partial charge in [-0.1, -0.05) is 18.0 Å². The SMILES string of the molecule is O=C(O)C1(c2cc(Cl)ccc2F)CCC1. The maximum absolute atomic E-state index is 13.5. The van der Waals surface area contributed by atoms with E-state index in [2.05, 4.69) is 0 Å². The van der Waals surface area contributed by atoms with Gasteiger partial charge in [0.2, 0.25) is 0 Å². The second-order valence-electron chi connectivity index (χ2n) is 3.86. The zero-order valence-corrected chi connectivity index (χ0v) is 8.72. The molecule has 0 amide bonds. The highest BCUT2D eigenvalue weighted by Gasteiger charge is 2.47. The minimum Gasteiger partial charge on any atom is -0.481 e. The van der Waals surface area contributed by atoms with Gasteiger partial charge in [0, 0.05) is 10.6 Å². The number of hydrogen-bond donors (Lipinski definition) is 1. The Kier molecular flexibility index (Phi) is 2.43. The molecule has 1 N–H and O–H groups in total. The van der Waals surface area contributed by atoms with E-state index in [1.165, 1.54) is 18.2 Å². The van der Waals surface area contributed by atoms with Crippen LogP contribution in [0.4, 0.5) is 4.39 Å². The van der Waals surface area contributed by atoms with E-state index in [0.717, 1.165) is 6.42 Å². The lowest BCUT2D eigenvalue weighted by Gasteiger charge is -2.38. The number of halogens is 2. The number of carboxylic acid groups (broad SMARTS) is 1. The molecule has 1 aromatic carbocycles. The number of carbonyl (C=O) groups is 1. The van der Waals surface area contributed by atoms with Gasteiger partial charge >= 0.3 is 5.97 Å². The Morgan fingerprint density at radius 3 is 2.60 bits per heavy atom. The Hall–Kier alpha value is -1.09. The van der Waals surface area contributed by atoms with Crippen LogP contribution >= 0.6 is 11.6 Å². The first-order valence-corrected chi connectivity index (χ1v) is 5.13. The molecule has 0 radical (unpaired) electrons. The molecule has 0 heterocycles. The number of benzene rings is 1. The number of aliphatic carboxylic acids is 1. The lowest BCUT2D eigenvalue weighted by molar-refractivity contribution is -0.147. The second-order valence-corrected chi connectivity index (χ2v) is 4.30. The van der Waals surface area contributed by atoms with Gasteiger partial charge in [-0.05, 0) is 31.0 Å². The minimum atomic E-state index is -1.05. The van der Waals surface area contributed by atoms with Crippen molar-refractivity contribution in [1.29, 1.82) is 0 Å². The molecular weight excluding hydrogens is 219 g/mol. The van der Waals surface area contributed by atoms with E-state index in [-0.39, 0.29) is 5.56 Å². The summed E-state index contributed by atoms with van der Waals surface area (Å²) < 4.78 is 13.5. The van der Waals surface area contributed by atoms with Crippen LogP contribution in [0.25, 0.3) is 0 Å². The molecule has 15 heavy (non-hydrogen) atoms. The van der Waals surface area contributed by atoms with Gasteiger partial charge in [0.15, 0.2) is 0 Å². The van der Waals surface area contributed by atoms with Crippen molar-refractivity contribution in [3.05, 3.63) is 34.6 Å². The monoisotopic (exact) mass is 228 g/mol. The number of hydrogen-bond acceptors (Lipinski definition) is 1. The molecule has 0 atom stereocenters. The maximum Gasteiger partial charge on any atom is 0.314 e. The van der Waals surface area contributed by atoms with Gasteiger partial charge in [-0.25, -0.2) is 4.39 Å². The lowest BCUT2D eigenvalue weighted by atomic mass is 9.64. The predicted octanol–water partition coefficient (Wildman–Crippen LogP) is 2.99. The Balaban J connectivity index is 2.51. The largest absolute Gasteiger partial charge is 0.481 e. The fourth-order valence-corrected chi connectivity index (χ4v) is 2.17. The van der Waals surface area contributed by atoms with Crippen molar-refractivity contribution in [2.45, 2.75) is 24.7 Å². The van der Waals surface area contributed by atoms with Crippen LogP contribution in [-0.4, -0.2) is 11.1 Å². The molecule has 0 spiro atoms. The van der Waals surface area contributed by atoms with E-state index in [9.17, 15) is 9.18 Å². The van der Waals surface area contributed by atoms with Crippen LogP contribution in [0.5, 0.6) is 0 Å². The summed E-state index contributed by atoms with van der Waals surface area (Å²) in [5, 5.41) is 9.52. The zero-order chi connectivity index (χ0) is 11.1. The molecule has 1 aliphatic carbocycles. The van der Waals surface area contributed by atoms with E-state index < -0.39 is 17.2 Å². The third-order valence-corrected chi connectivity index (χ3v) is 3.30. The molecule has 4 heteroatoms. The number of rotatable bonds is 2. The average molecular weight is 229 g/mol. The van der Waals surface area contributed by atoms with Crippen LogP contribution in [0.2, 0.25) is 5.02 Å². The normalized spacial score (nSPS) is 18.3. The Labute approximate surface area is 91.7 Å². The van der Waals surface area contributed by atoms with E-state index in [4.69, 9.17) is 16.7 Å². The summed E-state index contributed by atoms with van der Waals surface area (Å²) in [6.45, 7) is 0. The Morgan fingerprint density at radius 2 is 2.13 bits per heavy atom. The van der Waals surface area contributed by atoms with E-state index in [0.29, 0.717) is 17.9 Å². The van der Waals surface area contributed by atoms with Crippen molar-refractivity contribution in [3.8, 4) is 0 Å². The molecule has 0 aliphatic heterocycles. The highest BCUT2D eigenvalue weighted by molar-refractivity contribution is 6.30. The Morgan fingerprint density at radius 1 is 1.47 bits per heavy atom. The summed E-state index contributed by atoms with van der Waals surface area (Å²) in [5.74, 6) is -1.45. The van der Waals surface area contributed by atoms with Crippen molar-refractivity contribution >= 4 is 17.6 Å². The quantitative estimate of drug-likeness (QED) is 0.845. The molecule has 1 aromatic rings. The molecule has 0 aromatic heterocycles. The second kappa shape index (κ2) is 3.49. The molecule has 0 saturated heterocycles. The third kappa shape index (κ3) is 1.51. The van der Waals surface area contributed by atoms with E-state index in [1.807, 2.05) is 0 Å². The van der Waals surface area contributed by atoms with Gasteiger partial charge in [-0.15, -0.1) is 0 Å². The minimum absolute atomic E-state index is 0.216.